The van der Waals surface area contributed by atoms with Gasteiger partial charge in [-0.1, -0.05) is 15.9 Å². The van der Waals surface area contributed by atoms with Crippen LogP contribution >= 0.6 is 27.3 Å². The average Bonchev–Trinajstić information content (AvgIpc) is 3.33. The number of Topliss-reactive ketones (excluding diaryl/α,β-unsaturated/α-hetero) is 1. The Morgan fingerprint density at radius 3 is 2.27 bits per heavy atom. The second-order valence-electron chi connectivity index (χ2n) is 8.20. The van der Waals surface area contributed by atoms with E-state index in [2.05, 4.69) is 15.9 Å². The van der Waals surface area contributed by atoms with Gasteiger partial charge in [0, 0.05) is 32.8 Å². The van der Waals surface area contributed by atoms with E-state index in [1.165, 1.54) is 0 Å². The van der Waals surface area contributed by atoms with Crippen LogP contribution in [0.25, 0.3) is 11.8 Å². The maximum absolute atomic E-state index is 13.2. The zero-order valence-electron chi connectivity index (χ0n) is 21.3. The van der Waals surface area contributed by atoms with E-state index in [4.69, 9.17) is 9.47 Å². The maximum atomic E-state index is 13.2. The van der Waals surface area contributed by atoms with Crippen LogP contribution < -0.4 is 0 Å². The normalized spacial score (nSPS) is 11.2. The molecular weight excluding hydrogens is 556 g/mol. The number of ether oxygens (including phenoxy) is 2. The highest BCUT2D eigenvalue weighted by atomic mass is 79.9. The summed E-state index contributed by atoms with van der Waals surface area (Å²) in [4.78, 5) is 38.9. The Kier molecular flexibility index (Phi) is 9.24. The predicted octanol–water partition coefficient (Wildman–Crippen LogP) is 6.30. The van der Waals surface area contributed by atoms with Crippen LogP contribution in [0.5, 0.6) is 0 Å². The van der Waals surface area contributed by atoms with Crippen molar-refractivity contribution in [1.82, 2.24) is 4.57 Å². The van der Waals surface area contributed by atoms with Crippen molar-refractivity contribution in [3.8, 4) is 11.8 Å². The van der Waals surface area contributed by atoms with Crippen molar-refractivity contribution in [2.45, 2.75) is 41.0 Å². The van der Waals surface area contributed by atoms with Gasteiger partial charge in [0.1, 0.15) is 10.9 Å². The van der Waals surface area contributed by atoms with Gasteiger partial charge in [-0.15, -0.1) is 11.3 Å². The summed E-state index contributed by atoms with van der Waals surface area (Å²) < 4.78 is 13.3. The molecule has 192 valence electrons. The number of allylic oxidation sites excluding steroid dienone is 1. The number of thiophene rings is 1. The number of benzene rings is 1. The van der Waals surface area contributed by atoms with Crippen LogP contribution in [-0.4, -0.2) is 35.5 Å². The molecule has 0 aliphatic carbocycles. The van der Waals surface area contributed by atoms with Crippen LogP contribution in [0.15, 0.2) is 40.4 Å². The lowest BCUT2D eigenvalue weighted by molar-refractivity contribution is -0.114. The van der Waals surface area contributed by atoms with Crippen LogP contribution in [0.3, 0.4) is 0 Å². The Morgan fingerprint density at radius 2 is 1.68 bits per heavy atom. The highest BCUT2D eigenvalue weighted by Crippen LogP contribution is 2.31. The Morgan fingerprint density at radius 1 is 1.05 bits per heavy atom. The molecule has 37 heavy (non-hydrogen) atoms. The molecule has 7 nitrogen and oxygen atoms in total. The number of halogens is 1. The van der Waals surface area contributed by atoms with Gasteiger partial charge in [-0.3, -0.25) is 4.79 Å². The molecule has 0 fully saturated rings. The number of nitrogens with zero attached hydrogens (tertiary/aromatic N) is 2. The molecular formula is C28H27BrN2O5S. The third-order valence-corrected chi connectivity index (χ3v) is 7.56. The van der Waals surface area contributed by atoms with E-state index in [0.29, 0.717) is 10.4 Å². The zero-order chi connectivity index (χ0) is 27.3. The van der Waals surface area contributed by atoms with Gasteiger partial charge in [0.15, 0.2) is 5.78 Å². The lowest BCUT2D eigenvalue weighted by atomic mass is 10.0. The number of hydrogen-bond donors (Lipinski definition) is 0. The minimum Gasteiger partial charge on any atom is -0.462 e. The van der Waals surface area contributed by atoms with Crippen molar-refractivity contribution < 1.29 is 23.9 Å². The molecule has 0 radical (unpaired) electrons. The van der Waals surface area contributed by atoms with E-state index >= 15 is 0 Å². The van der Waals surface area contributed by atoms with Crippen LogP contribution in [0.1, 0.15) is 61.3 Å². The fraction of sp³-hybridized carbons (Fsp3) is 0.286. The number of carbonyl (C=O) groups excluding carboxylic acids is 3. The van der Waals surface area contributed by atoms with Crippen LogP contribution in [-0.2, 0) is 20.7 Å². The van der Waals surface area contributed by atoms with Crippen LogP contribution in [0.2, 0.25) is 0 Å². The van der Waals surface area contributed by atoms with Gasteiger partial charge in [0.25, 0.3) is 0 Å². The molecule has 0 aliphatic rings. The second kappa shape index (κ2) is 12.2. The molecule has 0 atom stereocenters. The molecule has 0 saturated heterocycles. The highest BCUT2D eigenvalue weighted by molar-refractivity contribution is 9.10. The minimum atomic E-state index is -0.616. The quantitative estimate of drug-likeness (QED) is 0.167. The second-order valence-corrected chi connectivity index (χ2v) is 10.2. The number of aromatic nitrogens is 1. The SMILES string of the molecule is CCOC(=O)c1sc(CC(=O)C(C#N)=Cc2cc(C)n(-c3ccc(Br)cc3)c2C)c(C(=O)OCC)c1C. The first kappa shape index (κ1) is 28.1. The molecule has 0 bridgehead atoms. The van der Waals surface area contributed by atoms with Gasteiger partial charge in [-0.2, -0.15) is 5.26 Å². The first-order valence-corrected chi connectivity index (χ1v) is 13.3. The molecule has 1 aromatic carbocycles. The van der Waals surface area contributed by atoms with Crippen molar-refractivity contribution in [2.75, 3.05) is 13.2 Å². The van der Waals surface area contributed by atoms with Gasteiger partial charge in [0.2, 0.25) is 0 Å². The number of rotatable bonds is 9. The largest absolute Gasteiger partial charge is 0.462 e. The molecule has 2 aromatic heterocycles. The van der Waals surface area contributed by atoms with Gasteiger partial charge >= 0.3 is 11.9 Å². The lowest BCUT2D eigenvalue weighted by Crippen LogP contribution is -2.12. The summed E-state index contributed by atoms with van der Waals surface area (Å²) >= 11 is 4.46. The van der Waals surface area contributed by atoms with Crippen molar-refractivity contribution in [1.29, 1.82) is 5.26 Å². The first-order chi connectivity index (χ1) is 17.6. The number of hydrogen-bond acceptors (Lipinski definition) is 7. The molecule has 0 unspecified atom stereocenters. The number of esters is 2. The van der Waals surface area contributed by atoms with E-state index in [9.17, 15) is 19.6 Å². The van der Waals surface area contributed by atoms with Crippen molar-refractivity contribution in [3.05, 3.63) is 78.2 Å². The molecule has 0 aliphatic heterocycles. The molecule has 3 rings (SSSR count). The summed E-state index contributed by atoms with van der Waals surface area (Å²) in [6.45, 7) is 9.20. The number of nitriles is 1. The molecule has 0 amide bonds. The summed E-state index contributed by atoms with van der Waals surface area (Å²) in [5.74, 6) is -1.64. The minimum absolute atomic E-state index is 0.0467. The summed E-state index contributed by atoms with van der Waals surface area (Å²) in [7, 11) is 0. The van der Waals surface area contributed by atoms with Crippen LogP contribution in [0, 0.1) is 32.1 Å². The van der Waals surface area contributed by atoms with E-state index in [1.807, 2.05) is 54.8 Å². The highest BCUT2D eigenvalue weighted by Gasteiger charge is 2.28. The van der Waals surface area contributed by atoms with Gasteiger partial charge < -0.3 is 14.0 Å². The fourth-order valence-electron chi connectivity index (χ4n) is 4.05. The van der Waals surface area contributed by atoms with E-state index in [1.54, 1.807) is 26.8 Å². The first-order valence-electron chi connectivity index (χ1n) is 11.7. The summed E-state index contributed by atoms with van der Waals surface area (Å²) in [6.07, 6.45) is 1.35. The standard InChI is InChI=1S/C28H27BrN2O5S/c1-6-35-27(33)25-17(4)26(28(34)36-7-2)37-24(25)14-23(32)20(15-30)13-19-12-16(3)31(18(19)5)22-10-8-21(29)9-11-22/h8-13H,6-7,14H2,1-5H3. The molecule has 0 N–H and O–H groups in total. The Labute approximate surface area is 228 Å². The smallest absolute Gasteiger partial charge is 0.348 e. The number of aryl methyl sites for hydroxylation is 1. The van der Waals surface area contributed by atoms with Gasteiger partial charge in [0.05, 0.1) is 24.4 Å². The number of ketones is 1. The molecule has 3 aromatic rings. The monoisotopic (exact) mass is 582 g/mol. The molecule has 0 spiro atoms. The lowest BCUT2D eigenvalue weighted by Gasteiger charge is -2.09. The summed E-state index contributed by atoms with van der Waals surface area (Å²) in [5.41, 5.74) is 4.07. The Balaban J connectivity index is 1.98. The summed E-state index contributed by atoms with van der Waals surface area (Å²) in [6, 6.07) is 11.8. The van der Waals surface area contributed by atoms with E-state index < -0.39 is 17.7 Å². The van der Waals surface area contributed by atoms with Crippen molar-refractivity contribution in [3.63, 3.8) is 0 Å². The van der Waals surface area contributed by atoms with E-state index in [-0.39, 0.29) is 35.6 Å². The Hall–Kier alpha value is -3.48. The maximum Gasteiger partial charge on any atom is 0.348 e. The molecule has 9 heteroatoms. The van der Waals surface area contributed by atoms with Gasteiger partial charge in [-0.25, -0.2) is 9.59 Å². The fourth-order valence-corrected chi connectivity index (χ4v) is 5.50. The average molecular weight is 584 g/mol. The molecule has 2 heterocycles. The topological polar surface area (TPSA) is 98.4 Å². The third kappa shape index (κ3) is 6.09. The number of carbonyl (C=O) groups is 3. The Bertz CT molecular complexity index is 1420. The van der Waals surface area contributed by atoms with Crippen molar-refractivity contribution >= 4 is 51.1 Å². The van der Waals surface area contributed by atoms with E-state index in [0.717, 1.165) is 38.4 Å². The zero-order valence-corrected chi connectivity index (χ0v) is 23.7. The van der Waals surface area contributed by atoms with Gasteiger partial charge in [-0.05, 0) is 82.2 Å². The molecule has 0 saturated carbocycles. The van der Waals surface area contributed by atoms with Crippen LogP contribution in [0.4, 0.5) is 0 Å². The third-order valence-electron chi connectivity index (χ3n) is 5.76. The predicted molar refractivity (Wildman–Crippen MR) is 146 cm³/mol. The summed E-state index contributed by atoms with van der Waals surface area (Å²) in [5, 5.41) is 9.82. The van der Waals surface area contributed by atoms with Crippen molar-refractivity contribution in [2.24, 2.45) is 0 Å².